The van der Waals surface area contributed by atoms with Crippen molar-refractivity contribution in [3.63, 3.8) is 0 Å². The number of alkyl halides is 5. The fourth-order valence-corrected chi connectivity index (χ4v) is 2.32. The second-order valence-corrected chi connectivity index (χ2v) is 8.21. The van der Waals surface area contributed by atoms with Crippen molar-refractivity contribution in [2.24, 2.45) is 0 Å². The van der Waals surface area contributed by atoms with E-state index in [0.717, 1.165) is 12.8 Å². The van der Waals surface area contributed by atoms with E-state index in [1.54, 1.807) is 4.68 Å². The lowest BCUT2D eigenvalue weighted by Crippen LogP contribution is -2.32. The number of unbranched alkanes of at least 4 members (excludes halogenated alkanes) is 1. The minimum atomic E-state index is -1.87. The van der Waals surface area contributed by atoms with Crippen LogP contribution in [0, 0.1) is 0 Å². The van der Waals surface area contributed by atoms with Crippen LogP contribution in [0.2, 0.25) is 0 Å². The lowest BCUT2D eigenvalue weighted by molar-refractivity contribution is 0.485. The van der Waals surface area contributed by atoms with Crippen molar-refractivity contribution < 1.29 is 0 Å². The summed E-state index contributed by atoms with van der Waals surface area (Å²) in [5, 5.41) is 8.19. The summed E-state index contributed by atoms with van der Waals surface area (Å²) in [5.41, 5.74) is 1.13. The van der Waals surface area contributed by atoms with Crippen LogP contribution in [0.15, 0.2) is 0 Å². The predicted molar refractivity (Wildman–Crippen MR) is 82.7 cm³/mol. The van der Waals surface area contributed by atoms with E-state index in [9.17, 15) is 0 Å². The Hall–Kier alpha value is 0.590. The molecule has 1 aromatic heterocycles. The monoisotopic (exact) mass is 365 g/mol. The molecule has 0 aromatic carbocycles. The molecular formula is C11H16Cl5N3. The zero-order valence-electron chi connectivity index (χ0n) is 10.9. The molecule has 0 aliphatic carbocycles. The van der Waals surface area contributed by atoms with Crippen molar-refractivity contribution in [3.05, 3.63) is 11.4 Å². The zero-order chi connectivity index (χ0) is 14.8. The van der Waals surface area contributed by atoms with Gasteiger partial charge in [-0.1, -0.05) is 76.6 Å². The molecule has 0 aliphatic heterocycles. The second kappa shape index (κ2) is 6.57. The third-order valence-corrected chi connectivity index (χ3v) is 5.03. The van der Waals surface area contributed by atoms with Gasteiger partial charge in [0.2, 0.25) is 8.13 Å². The van der Waals surface area contributed by atoms with E-state index in [0.29, 0.717) is 17.8 Å². The van der Waals surface area contributed by atoms with Crippen LogP contribution in [0.3, 0.4) is 0 Å². The minimum Gasteiger partial charge on any atom is -0.243 e. The fourth-order valence-electron chi connectivity index (χ4n) is 1.66. The van der Waals surface area contributed by atoms with Crippen LogP contribution in [0.5, 0.6) is 0 Å². The van der Waals surface area contributed by atoms with E-state index in [1.807, 2.05) is 13.8 Å². The first-order valence-corrected chi connectivity index (χ1v) is 7.91. The molecule has 0 spiro atoms. The summed E-state index contributed by atoms with van der Waals surface area (Å²) >= 11 is 30.3. The third kappa shape index (κ3) is 3.82. The number of aryl methyl sites for hydroxylation is 1. The predicted octanol–water partition coefficient (Wildman–Crippen LogP) is 5.20. The highest BCUT2D eigenvalue weighted by molar-refractivity contribution is 6.75. The topological polar surface area (TPSA) is 30.7 Å². The molecule has 19 heavy (non-hydrogen) atoms. The van der Waals surface area contributed by atoms with Gasteiger partial charge in [0.25, 0.3) is 0 Å². The van der Waals surface area contributed by atoms with Gasteiger partial charge in [0, 0.05) is 6.04 Å². The van der Waals surface area contributed by atoms with Crippen LogP contribution in [-0.2, 0) is 10.8 Å². The molecule has 0 N–H and O–H groups in total. The molecule has 0 fully saturated rings. The third-order valence-electron chi connectivity index (χ3n) is 2.67. The first-order valence-electron chi connectivity index (χ1n) is 6.02. The van der Waals surface area contributed by atoms with Crippen LogP contribution in [0.1, 0.15) is 51.0 Å². The molecule has 0 bridgehead atoms. The Morgan fingerprint density at radius 2 is 1.74 bits per heavy atom. The lowest BCUT2D eigenvalue weighted by Gasteiger charge is -2.29. The number of aromatic nitrogens is 3. The van der Waals surface area contributed by atoms with Gasteiger partial charge >= 0.3 is 0 Å². The smallest absolute Gasteiger partial charge is 0.228 e. The van der Waals surface area contributed by atoms with Crippen LogP contribution in [0.25, 0.3) is 0 Å². The summed E-state index contributed by atoms with van der Waals surface area (Å²) in [6.07, 6.45) is 2.65. The highest BCUT2D eigenvalue weighted by atomic mass is 35.6. The van der Waals surface area contributed by atoms with Gasteiger partial charge in [0.05, 0.1) is 5.69 Å². The standard InChI is InChI=1S/C11H16Cl5N3/c1-4-5-6-8-9(10(12,13)11(14,15)16)19(7(2)3)18-17-8/h7H,4-6H2,1-3H3. The lowest BCUT2D eigenvalue weighted by atomic mass is 10.1. The summed E-state index contributed by atoms with van der Waals surface area (Å²) in [6, 6.07) is 0.0158. The van der Waals surface area contributed by atoms with Gasteiger partial charge in [0.1, 0.15) is 5.69 Å². The maximum absolute atomic E-state index is 6.28. The summed E-state index contributed by atoms with van der Waals surface area (Å²) in [6.45, 7) is 5.95. The van der Waals surface area contributed by atoms with Gasteiger partial charge in [-0.15, -0.1) is 5.10 Å². The molecule has 0 aliphatic rings. The highest BCUT2D eigenvalue weighted by Crippen LogP contribution is 2.53. The highest BCUT2D eigenvalue weighted by Gasteiger charge is 2.51. The van der Waals surface area contributed by atoms with Gasteiger partial charge < -0.3 is 0 Å². The molecule has 0 amide bonds. The van der Waals surface area contributed by atoms with Crippen molar-refractivity contribution >= 4 is 58.0 Å². The second-order valence-electron chi connectivity index (χ2n) is 4.60. The van der Waals surface area contributed by atoms with Crippen molar-refractivity contribution in [1.29, 1.82) is 0 Å². The zero-order valence-corrected chi connectivity index (χ0v) is 14.7. The molecule has 110 valence electrons. The number of hydrogen-bond donors (Lipinski definition) is 0. The van der Waals surface area contributed by atoms with E-state index in [2.05, 4.69) is 17.2 Å². The maximum atomic E-state index is 6.28. The van der Waals surface area contributed by atoms with Gasteiger partial charge in [0.15, 0.2) is 0 Å². The van der Waals surface area contributed by atoms with Crippen LogP contribution >= 0.6 is 58.0 Å². The van der Waals surface area contributed by atoms with E-state index < -0.39 is 8.13 Å². The van der Waals surface area contributed by atoms with E-state index in [-0.39, 0.29) is 6.04 Å². The van der Waals surface area contributed by atoms with E-state index >= 15 is 0 Å². The van der Waals surface area contributed by atoms with Crippen molar-refractivity contribution in [3.8, 4) is 0 Å². The number of nitrogens with zero attached hydrogens (tertiary/aromatic N) is 3. The van der Waals surface area contributed by atoms with Crippen LogP contribution in [0.4, 0.5) is 0 Å². The van der Waals surface area contributed by atoms with Crippen LogP contribution < -0.4 is 0 Å². The molecule has 1 rings (SSSR count). The van der Waals surface area contributed by atoms with Crippen molar-refractivity contribution in [2.45, 2.75) is 54.2 Å². The normalized spacial score (nSPS) is 13.3. The molecule has 0 saturated carbocycles. The number of hydrogen-bond acceptors (Lipinski definition) is 2. The van der Waals surface area contributed by atoms with Crippen molar-refractivity contribution in [2.75, 3.05) is 0 Å². The van der Waals surface area contributed by atoms with Gasteiger partial charge in [-0.3, -0.25) is 0 Å². The first kappa shape index (κ1) is 17.6. The Kier molecular flexibility index (Phi) is 6.10. The maximum Gasteiger partial charge on any atom is 0.228 e. The molecule has 0 radical (unpaired) electrons. The van der Waals surface area contributed by atoms with E-state index in [4.69, 9.17) is 58.0 Å². The van der Waals surface area contributed by atoms with Gasteiger partial charge in [-0.05, 0) is 26.7 Å². The van der Waals surface area contributed by atoms with Crippen molar-refractivity contribution in [1.82, 2.24) is 15.0 Å². The average molecular weight is 368 g/mol. The van der Waals surface area contributed by atoms with Crippen LogP contribution in [-0.4, -0.2) is 18.8 Å². The quantitative estimate of drug-likeness (QED) is 0.670. The SMILES string of the molecule is CCCCc1nnn(C(C)C)c1C(Cl)(Cl)C(Cl)(Cl)Cl. The molecule has 0 saturated heterocycles. The Bertz CT molecular complexity index is 422. The summed E-state index contributed by atoms with van der Waals surface area (Å²) in [5.74, 6) is 0. The van der Waals surface area contributed by atoms with E-state index in [1.165, 1.54) is 0 Å². The average Bonchev–Trinajstić information content (AvgIpc) is 2.68. The molecule has 0 atom stereocenters. The largest absolute Gasteiger partial charge is 0.243 e. The summed E-state index contributed by atoms with van der Waals surface area (Å²) in [7, 11) is 0. The number of rotatable bonds is 5. The molecule has 0 unspecified atom stereocenters. The summed E-state index contributed by atoms with van der Waals surface area (Å²) in [4.78, 5) is 0. The minimum absolute atomic E-state index is 0.0158. The Morgan fingerprint density at radius 1 is 1.16 bits per heavy atom. The molecule has 1 heterocycles. The Labute approximate surface area is 138 Å². The Morgan fingerprint density at radius 3 is 2.16 bits per heavy atom. The first-order chi connectivity index (χ1) is 8.63. The van der Waals surface area contributed by atoms with Gasteiger partial charge in [-0.25, -0.2) is 4.68 Å². The Balaban J connectivity index is 3.32. The molecular weight excluding hydrogens is 351 g/mol. The molecule has 8 heteroatoms. The molecule has 3 nitrogen and oxygen atoms in total. The molecule has 1 aromatic rings. The fraction of sp³-hybridized carbons (Fsp3) is 0.818. The van der Waals surface area contributed by atoms with Gasteiger partial charge in [-0.2, -0.15) is 0 Å². The summed E-state index contributed by atoms with van der Waals surface area (Å²) < 4.78 is -1.97. The number of halogens is 5.